The van der Waals surface area contributed by atoms with Crippen molar-refractivity contribution in [2.24, 2.45) is 0 Å². The molecule has 0 aliphatic heterocycles. The van der Waals surface area contributed by atoms with Gasteiger partial charge in [0.2, 0.25) is 0 Å². The van der Waals surface area contributed by atoms with E-state index in [0.29, 0.717) is 0 Å². The lowest BCUT2D eigenvalue weighted by atomic mass is 10.1. The lowest BCUT2D eigenvalue weighted by molar-refractivity contribution is 0.205. The SMILES string of the molecule is CCCCc1ccc(N(CC)CCOC)cc1. The number of ether oxygens (including phenoxy) is 1. The Morgan fingerprint density at radius 2 is 1.82 bits per heavy atom. The largest absolute Gasteiger partial charge is 0.383 e. The second kappa shape index (κ2) is 8.13. The lowest BCUT2D eigenvalue weighted by Gasteiger charge is -2.22. The fraction of sp³-hybridized carbons (Fsp3) is 0.600. The summed E-state index contributed by atoms with van der Waals surface area (Å²) in [5, 5.41) is 0. The van der Waals surface area contributed by atoms with Crippen LogP contribution in [0.2, 0.25) is 0 Å². The summed E-state index contributed by atoms with van der Waals surface area (Å²) in [7, 11) is 1.75. The van der Waals surface area contributed by atoms with Crippen molar-refractivity contribution >= 4 is 5.69 Å². The van der Waals surface area contributed by atoms with Crippen molar-refractivity contribution in [1.29, 1.82) is 0 Å². The summed E-state index contributed by atoms with van der Waals surface area (Å²) in [5.41, 5.74) is 2.74. The van der Waals surface area contributed by atoms with Crippen LogP contribution in [-0.2, 0) is 11.2 Å². The van der Waals surface area contributed by atoms with Crippen molar-refractivity contribution < 1.29 is 4.74 Å². The third-order valence-corrected chi connectivity index (χ3v) is 3.07. The molecule has 1 rings (SSSR count). The van der Waals surface area contributed by atoms with Crippen LogP contribution in [0.5, 0.6) is 0 Å². The van der Waals surface area contributed by atoms with E-state index < -0.39 is 0 Å². The van der Waals surface area contributed by atoms with Crippen molar-refractivity contribution in [3.63, 3.8) is 0 Å². The maximum Gasteiger partial charge on any atom is 0.0637 e. The summed E-state index contributed by atoms with van der Waals surface area (Å²) in [4.78, 5) is 2.34. The highest BCUT2D eigenvalue weighted by Crippen LogP contribution is 2.16. The summed E-state index contributed by atoms with van der Waals surface area (Å²) in [6.07, 6.45) is 3.73. The van der Waals surface area contributed by atoms with Gasteiger partial charge in [-0.15, -0.1) is 0 Å². The number of aryl methyl sites for hydroxylation is 1. The summed E-state index contributed by atoms with van der Waals surface area (Å²) < 4.78 is 5.13. The van der Waals surface area contributed by atoms with E-state index in [0.717, 1.165) is 19.7 Å². The van der Waals surface area contributed by atoms with E-state index in [1.165, 1.54) is 30.5 Å². The zero-order valence-electron chi connectivity index (χ0n) is 11.4. The van der Waals surface area contributed by atoms with Gasteiger partial charge in [-0.1, -0.05) is 25.5 Å². The van der Waals surface area contributed by atoms with Crippen LogP contribution in [0.25, 0.3) is 0 Å². The van der Waals surface area contributed by atoms with Crippen LogP contribution in [0.4, 0.5) is 5.69 Å². The van der Waals surface area contributed by atoms with Gasteiger partial charge in [-0.2, -0.15) is 0 Å². The van der Waals surface area contributed by atoms with E-state index in [2.05, 4.69) is 43.0 Å². The minimum absolute atomic E-state index is 0.783. The molecule has 1 aromatic rings. The number of unbranched alkanes of at least 4 members (excludes halogenated alkanes) is 1. The van der Waals surface area contributed by atoms with E-state index in [9.17, 15) is 0 Å². The lowest BCUT2D eigenvalue weighted by Crippen LogP contribution is -2.26. The molecule has 1 aromatic carbocycles. The first-order valence-corrected chi connectivity index (χ1v) is 6.64. The number of hydrogen-bond donors (Lipinski definition) is 0. The van der Waals surface area contributed by atoms with Crippen molar-refractivity contribution in [2.75, 3.05) is 31.7 Å². The second-order valence-corrected chi connectivity index (χ2v) is 4.34. The molecule has 0 aliphatic rings. The highest BCUT2D eigenvalue weighted by molar-refractivity contribution is 5.47. The molecule has 2 heteroatoms. The summed E-state index contributed by atoms with van der Waals surface area (Å²) in [6.45, 7) is 7.18. The van der Waals surface area contributed by atoms with Crippen LogP contribution >= 0.6 is 0 Å². The van der Waals surface area contributed by atoms with Crippen LogP contribution < -0.4 is 4.90 Å². The van der Waals surface area contributed by atoms with Gasteiger partial charge in [-0.25, -0.2) is 0 Å². The van der Waals surface area contributed by atoms with E-state index in [1.807, 2.05) is 0 Å². The molecule has 0 amide bonds. The number of nitrogens with zero attached hydrogens (tertiary/aromatic N) is 1. The van der Waals surface area contributed by atoms with Gasteiger partial charge in [-0.05, 0) is 37.5 Å². The van der Waals surface area contributed by atoms with Gasteiger partial charge in [0.05, 0.1) is 6.61 Å². The van der Waals surface area contributed by atoms with Gasteiger partial charge >= 0.3 is 0 Å². The van der Waals surface area contributed by atoms with Gasteiger partial charge in [0.1, 0.15) is 0 Å². The maximum atomic E-state index is 5.13. The van der Waals surface area contributed by atoms with Gasteiger partial charge in [0, 0.05) is 25.9 Å². The Morgan fingerprint density at radius 1 is 1.12 bits per heavy atom. The molecule has 0 spiro atoms. The first kappa shape index (κ1) is 14.0. The molecule has 0 bridgehead atoms. The standard InChI is InChI=1S/C15H25NO/c1-4-6-7-14-8-10-15(11-9-14)16(5-2)12-13-17-3/h8-11H,4-7,12-13H2,1-3H3. The molecule has 17 heavy (non-hydrogen) atoms. The predicted molar refractivity (Wildman–Crippen MR) is 74.8 cm³/mol. The van der Waals surface area contributed by atoms with Crippen molar-refractivity contribution in [2.45, 2.75) is 33.1 Å². The zero-order chi connectivity index (χ0) is 12.5. The van der Waals surface area contributed by atoms with E-state index >= 15 is 0 Å². The van der Waals surface area contributed by atoms with Crippen LogP contribution in [0.15, 0.2) is 24.3 Å². The fourth-order valence-corrected chi connectivity index (χ4v) is 1.93. The highest BCUT2D eigenvalue weighted by atomic mass is 16.5. The molecule has 0 heterocycles. The summed E-state index contributed by atoms with van der Waals surface area (Å²) in [6, 6.07) is 8.95. The molecular weight excluding hydrogens is 210 g/mol. The zero-order valence-corrected chi connectivity index (χ0v) is 11.4. The average molecular weight is 235 g/mol. The van der Waals surface area contributed by atoms with E-state index in [1.54, 1.807) is 7.11 Å². The molecule has 0 atom stereocenters. The van der Waals surface area contributed by atoms with E-state index in [-0.39, 0.29) is 0 Å². The van der Waals surface area contributed by atoms with Crippen LogP contribution in [0, 0.1) is 0 Å². The number of rotatable bonds is 8. The quantitative estimate of drug-likeness (QED) is 0.684. The molecule has 0 saturated heterocycles. The molecule has 2 nitrogen and oxygen atoms in total. The van der Waals surface area contributed by atoms with Crippen molar-refractivity contribution in [1.82, 2.24) is 0 Å². The minimum atomic E-state index is 0.783. The molecule has 0 aromatic heterocycles. The molecule has 96 valence electrons. The number of methoxy groups -OCH3 is 1. The molecule has 0 aliphatic carbocycles. The normalized spacial score (nSPS) is 10.5. The molecular formula is C15H25NO. The molecule has 0 fully saturated rings. The third-order valence-electron chi connectivity index (χ3n) is 3.07. The average Bonchev–Trinajstić information content (AvgIpc) is 2.38. The van der Waals surface area contributed by atoms with Gasteiger partial charge < -0.3 is 9.64 Å². The minimum Gasteiger partial charge on any atom is -0.383 e. The first-order chi connectivity index (χ1) is 8.31. The van der Waals surface area contributed by atoms with Crippen LogP contribution in [-0.4, -0.2) is 26.8 Å². The van der Waals surface area contributed by atoms with Crippen LogP contribution in [0.1, 0.15) is 32.3 Å². The number of likely N-dealkylation sites (N-methyl/N-ethyl adjacent to an activating group) is 1. The predicted octanol–water partition coefficient (Wildman–Crippen LogP) is 3.50. The maximum absolute atomic E-state index is 5.13. The summed E-state index contributed by atoms with van der Waals surface area (Å²) in [5.74, 6) is 0. The smallest absolute Gasteiger partial charge is 0.0637 e. The molecule has 0 radical (unpaired) electrons. The third kappa shape index (κ3) is 4.78. The van der Waals surface area contributed by atoms with Crippen LogP contribution in [0.3, 0.4) is 0 Å². The Kier molecular flexibility index (Phi) is 6.71. The number of hydrogen-bond acceptors (Lipinski definition) is 2. The Morgan fingerprint density at radius 3 is 2.35 bits per heavy atom. The summed E-state index contributed by atoms with van der Waals surface area (Å²) >= 11 is 0. The molecule has 0 saturated carbocycles. The molecule has 0 N–H and O–H groups in total. The Bertz CT molecular complexity index is 294. The highest BCUT2D eigenvalue weighted by Gasteiger charge is 2.03. The topological polar surface area (TPSA) is 12.5 Å². The monoisotopic (exact) mass is 235 g/mol. The van der Waals surface area contributed by atoms with Crippen molar-refractivity contribution in [3.8, 4) is 0 Å². The molecule has 0 unspecified atom stereocenters. The Balaban J connectivity index is 2.57. The van der Waals surface area contributed by atoms with Gasteiger partial charge in [-0.3, -0.25) is 0 Å². The number of benzene rings is 1. The first-order valence-electron chi connectivity index (χ1n) is 6.64. The second-order valence-electron chi connectivity index (χ2n) is 4.34. The van der Waals surface area contributed by atoms with Gasteiger partial charge in [0.15, 0.2) is 0 Å². The number of anilines is 1. The van der Waals surface area contributed by atoms with Crippen molar-refractivity contribution in [3.05, 3.63) is 29.8 Å². The van der Waals surface area contributed by atoms with E-state index in [4.69, 9.17) is 4.74 Å². The fourth-order valence-electron chi connectivity index (χ4n) is 1.93. The Hall–Kier alpha value is -1.02. The Labute approximate surface area is 106 Å². The van der Waals surface area contributed by atoms with Gasteiger partial charge in [0.25, 0.3) is 0 Å².